The summed E-state index contributed by atoms with van der Waals surface area (Å²) in [6.07, 6.45) is 0. The van der Waals surface area contributed by atoms with Gasteiger partial charge in [0.2, 0.25) is 0 Å². The lowest BCUT2D eigenvalue weighted by atomic mass is 9.87. The SMILES string of the molecule is [2H]C([2H])([2H])c1ccc(N2c3ccc4ccccc4c3-c3c(c4sc5ccccc5c4c4ccccc34)N2c2nc(-c3ccccc3)c3c(C([2H])([2H])[2H])cccc3n2)cc1. The fraction of sp³-hybridized carbons (Fsp3) is 0.0417. The summed E-state index contributed by atoms with van der Waals surface area (Å²) in [6, 6.07) is 51.5. The third-order valence-corrected chi connectivity index (χ3v) is 11.5. The maximum Gasteiger partial charge on any atom is 0.251 e. The van der Waals surface area contributed by atoms with Gasteiger partial charge in [0.25, 0.3) is 5.95 Å². The van der Waals surface area contributed by atoms with Gasteiger partial charge in [-0.25, -0.2) is 20.0 Å². The Balaban J connectivity index is 1.35. The Hall–Kier alpha value is -6.56. The lowest BCUT2D eigenvalue weighted by Gasteiger charge is -2.43. The zero-order chi connectivity index (χ0) is 40.2. The van der Waals surface area contributed by atoms with Crippen molar-refractivity contribution in [3.8, 4) is 22.4 Å². The molecule has 0 amide bonds. The number of rotatable bonds is 3. The summed E-state index contributed by atoms with van der Waals surface area (Å²) in [7, 11) is 0. The van der Waals surface area contributed by atoms with E-state index in [4.69, 9.17) is 18.2 Å². The molecule has 0 aliphatic carbocycles. The maximum absolute atomic E-state index is 8.55. The number of thiophene rings is 1. The average molecular weight is 703 g/mol. The van der Waals surface area contributed by atoms with Gasteiger partial charge in [-0.2, -0.15) is 0 Å². The second-order valence-corrected chi connectivity index (χ2v) is 14.4. The number of hydrogen-bond donors (Lipinski definition) is 0. The van der Waals surface area contributed by atoms with Gasteiger partial charge in [0.15, 0.2) is 0 Å². The molecule has 0 N–H and O–H groups in total. The van der Waals surface area contributed by atoms with E-state index in [1.165, 1.54) is 0 Å². The lowest BCUT2D eigenvalue weighted by molar-refractivity contribution is 0.932. The molecular formula is C48H32N4S. The van der Waals surface area contributed by atoms with Gasteiger partial charge in [-0.15, -0.1) is 11.3 Å². The Kier molecular flexibility index (Phi) is 5.32. The first-order valence-electron chi connectivity index (χ1n) is 20.5. The Morgan fingerprint density at radius 1 is 0.547 bits per heavy atom. The number of fused-ring (bicyclic) bond motifs is 13. The molecule has 11 rings (SSSR count). The van der Waals surface area contributed by atoms with Crippen LogP contribution in [-0.4, -0.2) is 9.97 Å². The van der Waals surface area contributed by atoms with Crippen LogP contribution in [-0.2, 0) is 0 Å². The molecule has 250 valence electrons. The summed E-state index contributed by atoms with van der Waals surface area (Å²) >= 11 is 1.71. The van der Waals surface area contributed by atoms with Crippen molar-refractivity contribution in [3.63, 3.8) is 0 Å². The van der Waals surface area contributed by atoms with E-state index in [-0.39, 0.29) is 11.1 Å². The molecule has 0 fully saturated rings. The van der Waals surface area contributed by atoms with Gasteiger partial charge in [-0.3, -0.25) is 0 Å². The zero-order valence-corrected chi connectivity index (χ0v) is 29.0. The molecule has 10 aromatic rings. The van der Waals surface area contributed by atoms with Crippen molar-refractivity contribution in [2.24, 2.45) is 0 Å². The van der Waals surface area contributed by atoms with Crippen LogP contribution in [0.25, 0.3) is 75.0 Å². The van der Waals surface area contributed by atoms with Crippen molar-refractivity contribution in [1.82, 2.24) is 9.97 Å². The van der Waals surface area contributed by atoms with Gasteiger partial charge < -0.3 is 0 Å². The van der Waals surface area contributed by atoms with Crippen LogP contribution < -0.4 is 10.0 Å². The number of hydrogen-bond acceptors (Lipinski definition) is 5. The van der Waals surface area contributed by atoms with Crippen molar-refractivity contribution >= 4 is 87.0 Å². The van der Waals surface area contributed by atoms with Gasteiger partial charge >= 0.3 is 0 Å². The molecule has 4 nitrogen and oxygen atoms in total. The van der Waals surface area contributed by atoms with E-state index in [2.05, 4.69) is 88.9 Å². The van der Waals surface area contributed by atoms with E-state index < -0.39 is 13.7 Å². The van der Waals surface area contributed by atoms with Crippen LogP contribution in [0.5, 0.6) is 0 Å². The molecule has 0 spiro atoms. The topological polar surface area (TPSA) is 32.3 Å². The summed E-state index contributed by atoms with van der Waals surface area (Å²) in [4.78, 5) is 10.7. The van der Waals surface area contributed by atoms with Crippen molar-refractivity contribution < 1.29 is 8.22 Å². The number of aromatic nitrogens is 2. The minimum atomic E-state index is -2.43. The normalized spacial score (nSPS) is 14.8. The standard InChI is InChI=1S/C48H32N4S/c1-29-23-26-33(27-24-29)51-39-28-25-31-14-6-7-17-34(31)43(39)44-36-19-9-8-18-35(36)42-37-20-10-11-22-40(37)53-47(42)46(44)52(51)48-49-38-21-12-13-30(2)41(38)45(50-48)32-15-4-3-5-16-32/h3-28H,1-2H3/i1D3,2D3. The fourth-order valence-corrected chi connectivity index (χ4v) is 9.37. The summed E-state index contributed by atoms with van der Waals surface area (Å²) < 4.78 is 52.4. The van der Waals surface area contributed by atoms with E-state index in [9.17, 15) is 0 Å². The molecule has 0 radical (unpaired) electrons. The van der Waals surface area contributed by atoms with Gasteiger partial charge in [0.05, 0.1) is 33.0 Å². The molecule has 3 heterocycles. The highest BCUT2D eigenvalue weighted by atomic mass is 32.1. The summed E-state index contributed by atoms with van der Waals surface area (Å²) in [6.45, 7) is -4.72. The van der Waals surface area contributed by atoms with Crippen molar-refractivity contribution in [3.05, 3.63) is 169 Å². The monoisotopic (exact) mass is 702 g/mol. The van der Waals surface area contributed by atoms with Crippen LogP contribution in [0.1, 0.15) is 19.4 Å². The molecule has 1 aliphatic rings. The lowest BCUT2D eigenvalue weighted by Crippen LogP contribution is -2.40. The molecule has 0 unspecified atom stereocenters. The quantitative estimate of drug-likeness (QED) is 0.183. The summed E-state index contributed by atoms with van der Waals surface area (Å²) in [5, 5.41) is 11.2. The molecule has 0 atom stereocenters. The van der Waals surface area contributed by atoms with Crippen LogP contribution in [0.15, 0.2) is 158 Å². The maximum atomic E-state index is 8.55. The van der Waals surface area contributed by atoms with E-state index in [1.807, 2.05) is 54.6 Å². The fourth-order valence-electron chi connectivity index (χ4n) is 8.12. The molecule has 0 saturated heterocycles. The number of nitrogens with zero attached hydrogens (tertiary/aromatic N) is 4. The van der Waals surface area contributed by atoms with E-state index in [1.54, 1.807) is 35.6 Å². The van der Waals surface area contributed by atoms with Crippen LogP contribution in [0.2, 0.25) is 0 Å². The minimum absolute atomic E-state index is 0.172. The Morgan fingerprint density at radius 3 is 2.13 bits per heavy atom. The molecule has 1 aliphatic heterocycles. The van der Waals surface area contributed by atoms with Crippen LogP contribution >= 0.6 is 11.3 Å². The van der Waals surface area contributed by atoms with Crippen molar-refractivity contribution in [2.45, 2.75) is 13.7 Å². The molecule has 5 heteroatoms. The average Bonchev–Trinajstić information content (AvgIpc) is 3.65. The van der Waals surface area contributed by atoms with Gasteiger partial charge in [0, 0.05) is 45.8 Å². The van der Waals surface area contributed by atoms with Crippen molar-refractivity contribution in [1.29, 1.82) is 0 Å². The van der Waals surface area contributed by atoms with Gasteiger partial charge in [-0.1, -0.05) is 133 Å². The first-order chi connectivity index (χ1) is 28.6. The van der Waals surface area contributed by atoms with Crippen molar-refractivity contribution in [2.75, 3.05) is 10.0 Å². The largest absolute Gasteiger partial charge is 0.251 e. The first-order valence-corrected chi connectivity index (χ1v) is 18.3. The highest BCUT2D eigenvalue weighted by Crippen LogP contribution is 2.59. The molecule has 8 aromatic carbocycles. The smallest absolute Gasteiger partial charge is 0.246 e. The zero-order valence-electron chi connectivity index (χ0n) is 34.2. The molecule has 53 heavy (non-hydrogen) atoms. The number of anilines is 4. The van der Waals surface area contributed by atoms with E-state index in [0.29, 0.717) is 28.2 Å². The van der Waals surface area contributed by atoms with Gasteiger partial charge in [-0.05, 0) is 71.1 Å². The van der Waals surface area contributed by atoms with Crippen LogP contribution in [0.4, 0.5) is 23.0 Å². The van der Waals surface area contributed by atoms with E-state index >= 15 is 0 Å². The Bertz CT molecular complexity index is 3320. The highest BCUT2D eigenvalue weighted by Gasteiger charge is 2.38. The van der Waals surface area contributed by atoms with Gasteiger partial charge in [0.1, 0.15) is 0 Å². The third-order valence-electron chi connectivity index (χ3n) is 10.4. The van der Waals surface area contributed by atoms with Crippen LogP contribution in [0.3, 0.4) is 0 Å². The summed E-state index contributed by atoms with van der Waals surface area (Å²) in [5.74, 6) is 0.327. The molecule has 0 saturated carbocycles. The first kappa shape index (κ1) is 24.6. The third kappa shape index (κ3) is 4.41. The van der Waals surface area contributed by atoms with E-state index in [0.717, 1.165) is 69.8 Å². The Morgan fingerprint density at radius 2 is 1.30 bits per heavy atom. The second kappa shape index (κ2) is 11.5. The number of aryl methyl sites for hydroxylation is 2. The molecule has 2 aromatic heterocycles. The highest BCUT2D eigenvalue weighted by molar-refractivity contribution is 7.26. The molecule has 0 bridgehead atoms. The summed E-state index contributed by atoms with van der Waals surface area (Å²) in [5.41, 5.74) is 6.59. The number of benzene rings is 8. The van der Waals surface area contributed by atoms with Crippen LogP contribution in [0, 0.1) is 13.7 Å². The predicted octanol–water partition coefficient (Wildman–Crippen LogP) is 13.5. The minimum Gasteiger partial charge on any atom is -0.246 e. The number of hydrazine groups is 1. The second-order valence-electron chi connectivity index (χ2n) is 13.4. The molecular weight excluding hydrogens is 665 g/mol. The Labute approximate surface area is 319 Å². The predicted molar refractivity (Wildman–Crippen MR) is 225 cm³/mol.